The van der Waals surface area contributed by atoms with E-state index in [2.05, 4.69) is 10.6 Å². The minimum Gasteiger partial charge on any atom is -0.487 e. The molecular formula is C35H32N2O8. The van der Waals surface area contributed by atoms with Gasteiger partial charge in [-0.05, 0) is 72.6 Å². The molecule has 0 spiro atoms. The van der Waals surface area contributed by atoms with Crippen LogP contribution in [0.5, 0.6) is 28.7 Å². The maximum atomic E-state index is 13.0. The van der Waals surface area contributed by atoms with E-state index >= 15 is 0 Å². The molecule has 3 N–H and O–H groups in total. The summed E-state index contributed by atoms with van der Waals surface area (Å²) in [6.07, 6.45) is -0.706. The third-order valence-corrected chi connectivity index (χ3v) is 8.20. The molecule has 10 heteroatoms. The molecule has 4 atom stereocenters. The summed E-state index contributed by atoms with van der Waals surface area (Å²) in [6.45, 7) is 0.261. The lowest BCUT2D eigenvalue weighted by atomic mass is 9.84. The van der Waals surface area contributed by atoms with Crippen molar-refractivity contribution in [3.63, 3.8) is 0 Å². The Balaban J connectivity index is 0.965. The summed E-state index contributed by atoms with van der Waals surface area (Å²) in [5.41, 5.74) is 2.91. The first-order valence-corrected chi connectivity index (χ1v) is 14.9. The number of hydrogen-bond donors (Lipinski definition) is 3. The van der Waals surface area contributed by atoms with Crippen LogP contribution in [0.2, 0.25) is 0 Å². The SMILES string of the molecule is O=C(C[C@H]1C[C@@H]2c3cc(NC(=O)c4ccc5c(c4)OCO5)ccc3O[C@@H]2[C@@H](CO)O1)NCc1ccc(Oc2ccccc2)cc1. The molecule has 230 valence electrons. The fourth-order valence-electron chi connectivity index (χ4n) is 5.99. The number of para-hydroxylation sites is 1. The van der Waals surface area contributed by atoms with Crippen molar-refractivity contribution in [2.24, 2.45) is 0 Å². The molecule has 7 rings (SSSR count). The Morgan fingerprint density at radius 2 is 1.64 bits per heavy atom. The van der Waals surface area contributed by atoms with Crippen LogP contribution in [0.15, 0.2) is 91.0 Å². The Kier molecular flexibility index (Phi) is 7.98. The van der Waals surface area contributed by atoms with Crippen LogP contribution in [0.1, 0.15) is 40.2 Å². The van der Waals surface area contributed by atoms with Gasteiger partial charge in [-0.25, -0.2) is 0 Å². The number of ether oxygens (including phenoxy) is 5. The molecule has 4 aromatic carbocycles. The molecule has 0 bridgehead atoms. The van der Waals surface area contributed by atoms with Gasteiger partial charge in [0.25, 0.3) is 5.91 Å². The summed E-state index contributed by atoms with van der Waals surface area (Å²) in [6, 6.07) is 27.6. The smallest absolute Gasteiger partial charge is 0.255 e. The van der Waals surface area contributed by atoms with Crippen LogP contribution in [0.25, 0.3) is 0 Å². The molecule has 3 aliphatic rings. The van der Waals surface area contributed by atoms with Crippen LogP contribution >= 0.6 is 0 Å². The van der Waals surface area contributed by atoms with Crippen molar-refractivity contribution in [3.8, 4) is 28.7 Å². The highest BCUT2D eigenvalue weighted by molar-refractivity contribution is 6.04. The predicted octanol–water partition coefficient (Wildman–Crippen LogP) is 5.16. The number of carbonyl (C=O) groups excluding carboxylic acids is 2. The number of nitrogens with one attached hydrogen (secondary N) is 2. The van der Waals surface area contributed by atoms with Crippen molar-refractivity contribution in [2.75, 3.05) is 18.7 Å². The monoisotopic (exact) mass is 608 g/mol. The van der Waals surface area contributed by atoms with Crippen LogP contribution in [0.4, 0.5) is 5.69 Å². The Labute approximate surface area is 259 Å². The summed E-state index contributed by atoms with van der Waals surface area (Å²) in [5, 5.41) is 16.0. The van der Waals surface area contributed by atoms with Crippen LogP contribution in [0, 0.1) is 0 Å². The van der Waals surface area contributed by atoms with E-state index in [1.165, 1.54) is 0 Å². The first kappa shape index (κ1) is 28.7. The number of amides is 2. The van der Waals surface area contributed by atoms with Gasteiger partial charge < -0.3 is 39.4 Å². The molecule has 0 aliphatic carbocycles. The number of fused-ring (bicyclic) bond motifs is 4. The Morgan fingerprint density at radius 1 is 0.867 bits per heavy atom. The highest BCUT2D eigenvalue weighted by Gasteiger charge is 2.46. The average Bonchev–Trinajstić information content (AvgIpc) is 3.69. The van der Waals surface area contributed by atoms with Crippen molar-refractivity contribution in [1.82, 2.24) is 5.32 Å². The van der Waals surface area contributed by atoms with E-state index < -0.39 is 12.2 Å². The highest BCUT2D eigenvalue weighted by Crippen LogP contribution is 2.47. The van der Waals surface area contributed by atoms with Crippen molar-refractivity contribution >= 4 is 17.5 Å². The minimum atomic E-state index is -0.585. The summed E-state index contributed by atoms with van der Waals surface area (Å²) in [5.74, 6) is 2.75. The van der Waals surface area contributed by atoms with E-state index in [-0.39, 0.29) is 43.7 Å². The van der Waals surface area contributed by atoms with E-state index in [1.807, 2.05) is 66.7 Å². The predicted molar refractivity (Wildman–Crippen MR) is 164 cm³/mol. The molecule has 4 aromatic rings. The molecule has 0 radical (unpaired) electrons. The second-order valence-electron chi connectivity index (χ2n) is 11.2. The fraction of sp³-hybridized carbons (Fsp3) is 0.257. The molecule has 0 saturated carbocycles. The molecule has 3 aliphatic heterocycles. The van der Waals surface area contributed by atoms with E-state index in [9.17, 15) is 14.7 Å². The van der Waals surface area contributed by atoms with Gasteiger partial charge in [-0.1, -0.05) is 30.3 Å². The molecule has 0 unspecified atom stereocenters. The molecule has 1 fully saturated rings. The van der Waals surface area contributed by atoms with E-state index in [0.29, 0.717) is 47.2 Å². The van der Waals surface area contributed by atoms with Gasteiger partial charge in [-0.2, -0.15) is 0 Å². The van der Waals surface area contributed by atoms with Gasteiger partial charge in [0.2, 0.25) is 12.7 Å². The lowest BCUT2D eigenvalue weighted by Gasteiger charge is -2.37. The summed E-state index contributed by atoms with van der Waals surface area (Å²) in [7, 11) is 0. The standard InChI is InChI=1S/C35H32N2O8/c38-19-32-34-28(27-15-23(9-13-29(27)45-34)37-35(40)22-8-12-30-31(14-22)42-20-41-30)16-26(44-32)17-33(39)36-18-21-6-10-25(11-7-21)43-24-4-2-1-3-5-24/h1-15,26,28,32,34,38H,16-20H2,(H,36,39)(H,37,40)/t26-,28-,32-,34+/m1/s1. The molecular weight excluding hydrogens is 576 g/mol. The van der Waals surface area contributed by atoms with E-state index in [4.69, 9.17) is 23.7 Å². The lowest BCUT2D eigenvalue weighted by molar-refractivity contribution is -0.142. The fourth-order valence-corrected chi connectivity index (χ4v) is 5.99. The number of benzene rings is 4. The topological polar surface area (TPSA) is 125 Å². The quantitative estimate of drug-likeness (QED) is 0.238. The number of carbonyl (C=O) groups is 2. The molecule has 45 heavy (non-hydrogen) atoms. The largest absolute Gasteiger partial charge is 0.487 e. The summed E-state index contributed by atoms with van der Waals surface area (Å²) in [4.78, 5) is 25.9. The van der Waals surface area contributed by atoms with Crippen molar-refractivity contribution in [3.05, 3.63) is 108 Å². The highest BCUT2D eigenvalue weighted by atomic mass is 16.7. The zero-order valence-electron chi connectivity index (χ0n) is 24.3. The third-order valence-electron chi connectivity index (χ3n) is 8.20. The number of hydrogen-bond acceptors (Lipinski definition) is 8. The van der Waals surface area contributed by atoms with E-state index in [0.717, 1.165) is 16.9 Å². The van der Waals surface area contributed by atoms with Gasteiger partial charge >= 0.3 is 0 Å². The molecule has 10 nitrogen and oxygen atoms in total. The van der Waals surface area contributed by atoms with Crippen LogP contribution in [-0.4, -0.2) is 48.6 Å². The maximum absolute atomic E-state index is 13.0. The van der Waals surface area contributed by atoms with Crippen molar-refractivity contribution in [1.29, 1.82) is 0 Å². The number of anilines is 1. The van der Waals surface area contributed by atoms with Gasteiger partial charge in [0.15, 0.2) is 11.5 Å². The van der Waals surface area contributed by atoms with E-state index in [1.54, 1.807) is 24.3 Å². The minimum absolute atomic E-state index is 0.108. The number of rotatable bonds is 9. The zero-order chi connectivity index (χ0) is 30.8. The second-order valence-corrected chi connectivity index (χ2v) is 11.2. The maximum Gasteiger partial charge on any atom is 0.255 e. The third kappa shape index (κ3) is 6.29. The van der Waals surface area contributed by atoms with Gasteiger partial charge in [0, 0.05) is 29.3 Å². The Bertz CT molecular complexity index is 1690. The van der Waals surface area contributed by atoms with Crippen LogP contribution in [0.3, 0.4) is 0 Å². The van der Waals surface area contributed by atoms with Gasteiger partial charge in [-0.3, -0.25) is 9.59 Å². The number of aliphatic hydroxyl groups is 1. The Morgan fingerprint density at radius 3 is 2.47 bits per heavy atom. The second kappa shape index (κ2) is 12.5. The van der Waals surface area contributed by atoms with Gasteiger partial charge in [0.1, 0.15) is 29.5 Å². The normalized spacial score (nSPS) is 20.8. The van der Waals surface area contributed by atoms with Crippen LogP contribution in [-0.2, 0) is 16.1 Å². The lowest BCUT2D eigenvalue weighted by Crippen LogP contribution is -2.47. The first-order valence-electron chi connectivity index (χ1n) is 14.9. The molecule has 1 saturated heterocycles. The van der Waals surface area contributed by atoms with Gasteiger partial charge in [-0.15, -0.1) is 0 Å². The molecule has 0 aromatic heterocycles. The molecule has 2 amide bonds. The molecule has 3 heterocycles. The average molecular weight is 609 g/mol. The summed E-state index contributed by atoms with van der Waals surface area (Å²) >= 11 is 0. The first-order chi connectivity index (χ1) is 22.0. The zero-order valence-corrected chi connectivity index (χ0v) is 24.3. The Hall–Kier alpha value is -5.06. The van der Waals surface area contributed by atoms with Crippen molar-refractivity contribution < 1.29 is 38.4 Å². The number of aliphatic hydroxyl groups excluding tert-OH is 1. The van der Waals surface area contributed by atoms with Crippen molar-refractivity contribution in [2.45, 2.75) is 43.6 Å². The van der Waals surface area contributed by atoms with Crippen LogP contribution < -0.4 is 29.6 Å². The summed E-state index contributed by atoms with van der Waals surface area (Å²) < 4.78 is 28.9. The van der Waals surface area contributed by atoms with Gasteiger partial charge in [0.05, 0.1) is 19.1 Å².